The molecule has 0 aliphatic carbocycles. The van der Waals surface area contributed by atoms with Crippen LogP contribution in [0, 0.1) is 0 Å². The van der Waals surface area contributed by atoms with E-state index in [9.17, 15) is 4.79 Å². The van der Waals surface area contributed by atoms with Gasteiger partial charge in [0.2, 0.25) is 5.91 Å². The van der Waals surface area contributed by atoms with Crippen molar-refractivity contribution in [1.82, 2.24) is 5.32 Å². The number of hydrogen-bond donors (Lipinski definition) is 1. The molecule has 4 rings (SSSR count). The lowest BCUT2D eigenvalue weighted by Crippen LogP contribution is -2.33. The summed E-state index contributed by atoms with van der Waals surface area (Å²) >= 11 is 0. The van der Waals surface area contributed by atoms with Crippen LogP contribution in [0.2, 0.25) is 0 Å². The number of nitrogens with one attached hydrogen (secondary N) is 1. The van der Waals surface area contributed by atoms with E-state index in [-0.39, 0.29) is 11.8 Å². The Morgan fingerprint density at radius 3 is 1.65 bits per heavy atom. The van der Waals surface area contributed by atoms with E-state index in [1.165, 1.54) is 0 Å². The van der Waals surface area contributed by atoms with E-state index in [1.807, 2.05) is 85.8 Å². The van der Waals surface area contributed by atoms with Crippen molar-refractivity contribution in [2.24, 2.45) is 0 Å². The number of methoxy groups -OCH3 is 2. The largest absolute Gasteiger partial charge is 0.496 e. The second kappa shape index (κ2) is 10.7. The Hall–Kier alpha value is -4.05. The van der Waals surface area contributed by atoms with Crippen LogP contribution in [-0.4, -0.2) is 20.1 Å². The molecule has 0 bridgehead atoms. The molecule has 0 aliphatic heterocycles. The molecule has 4 nitrogen and oxygen atoms in total. The molecule has 0 unspecified atom stereocenters. The zero-order valence-electron chi connectivity index (χ0n) is 19.7. The maximum Gasteiger partial charge on any atom is 0.228 e. The summed E-state index contributed by atoms with van der Waals surface area (Å²) in [5.74, 6) is 1.00. The number of ether oxygens (including phenoxy) is 2. The van der Waals surface area contributed by atoms with Gasteiger partial charge in [-0.1, -0.05) is 91.0 Å². The summed E-state index contributed by atoms with van der Waals surface area (Å²) < 4.78 is 11.2. The third kappa shape index (κ3) is 4.96. The van der Waals surface area contributed by atoms with Gasteiger partial charge in [0, 0.05) is 11.1 Å². The minimum atomic E-state index is -0.425. The van der Waals surface area contributed by atoms with E-state index < -0.39 is 6.04 Å². The highest BCUT2D eigenvalue weighted by molar-refractivity contribution is 5.84. The van der Waals surface area contributed by atoms with E-state index in [4.69, 9.17) is 9.47 Å². The van der Waals surface area contributed by atoms with Crippen LogP contribution in [0.5, 0.6) is 11.5 Å². The number of amides is 1. The van der Waals surface area contributed by atoms with E-state index in [1.54, 1.807) is 14.2 Å². The van der Waals surface area contributed by atoms with Crippen molar-refractivity contribution in [3.8, 4) is 22.6 Å². The first kappa shape index (κ1) is 23.1. The third-order valence-corrected chi connectivity index (χ3v) is 6.10. The molecule has 0 aromatic heterocycles. The topological polar surface area (TPSA) is 47.6 Å². The van der Waals surface area contributed by atoms with Crippen molar-refractivity contribution in [2.45, 2.75) is 18.9 Å². The highest BCUT2D eigenvalue weighted by Gasteiger charge is 2.26. The Bertz CT molecular complexity index is 1190. The Morgan fingerprint density at radius 1 is 0.647 bits per heavy atom. The van der Waals surface area contributed by atoms with Crippen molar-refractivity contribution in [3.05, 3.63) is 120 Å². The number of carbonyl (C=O) groups is 1. The molecule has 0 spiro atoms. The maximum absolute atomic E-state index is 13.5. The summed E-state index contributed by atoms with van der Waals surface area (Å²) in [7, 11) is 3.27. The zero-order chi connectivity index (χ0) is 23.9. The third-order valence-electron chi connectivity index (χ3n) is 6.10. The maximum atomic E-state index is 13.5. The summed E-state index contributed by atoms with van der Waals surface area (Å²) in [6.45, 7) is 1.92. The number of benzene rings is 4. The van der Waals surface area contributed by atoms with Crippen LogP contribution in [0.25, 0.3) is 11.1 Å². The van der Waals surface area contributed by atoms with E-state index in [2.05, 4.69) is 29.6 Å². The molecule has 0 saturated carbocycles. The number of carbonyl (C=O) groups excluding carboxylic acids is 1. The number of para-hydroxylation sites is 2. The van der Waals surface area contributed by atoms with Gasteiger partial charge in [-0.3, -0.25) is 4.79 Å². The summed E-state index contributed by atoms with van der Waals surface area (Å²) in [6.07, 6.45) is 0. The SMILES string of the molecule is COc1ccccc1C(NC(=O)[C@@H](C)c1ccc(-c2ccccc2)cc1)c1ccccc1OC. The second-order valence-electron chi connectivity index (χ2n) is 8.14. The predicted octanol–water partition coefficient (Wildman–Crippen LogP) is 6.38. The van der Waals surface area contributed by atoms with Crippen molar-refractivity contribution in [1.29, 1.82) is 0 Å². The molecular formula is C30H29NO3. The fraction of sp³-hybridized carbons (Fsp3) is 0.167. The molecular weight excluding hydrogens is 422 g/mol. The van der Waals surface area contributed by atoms with Gasteiger partial charge < -0.3 is 14.8 Å². The summed E-state index contributed by atoms with van der Waals surface area (Å²) in [4.78, 5) is 13.5. The van der Waals surface area contributed by atoms with Crippen LogP contribution in [0.3, 0.4) is 0 Å². The lowest BCUT2D eigenvalue weighted by Gasteiger charge is -2.25. The Labute approximate surface area is 201 Å². The molecule has 0 fully saturated rings. The summed E-state index contributed by atoms with van der Waals surface area (Å²) in [5.41, 5.74) is 4.97. The molecule has 34 heavy (non-hydrogen) atoms. The Balaban J connectivity index is 1.63. The average Bonchev–Trinajstić information content (AvgIpc) is 2.91. The van der Waals surface area contributed by atoms with Crippen LogP contribution < -0.4 is 14.8 Å². The van der Waals surface area contributed by atoms with Crippen molar-refractivity contribution in [2.75, 3.05) is 14.2 Å². The molecule has 172 valence electrons. The van der Waals surface area contributed by atoms with Gasteiger partial charge in [0.25, 0.3) is 0 Å². The van der Waals surface area contributed by atoms with Crippen molar-refractivity contribution >= 4 is 5.91 Å². The van der Waals surface area contributed by atoms with Crippen molar-refractivity contribution in [3.63, 3.8) is 0 Å². The smallest absolute Gasteiger partial charge is 0.228 e. The van der Waals surface area contributed by atoms with E-state index >= 15 is 0 Å². The van der Waals surface area contributed by atoms with E-state index in [0.717, 1.165) is 27.8 Å². The van der Waals surface area contributed by atoms with E-state index in [0.29, 0.717) is 11.5 Å². The lowest BCUT2D eigenvalue weighted by atomic mass is 9.94. The standard InChI is InChI=1S/C30H29NO3/c1-21(22-17-19-24(20-18-22)23-11-5-4-6-12-23)30(32)31-29(25-13-7-9-15-27(25)33-2)26-14-8-10-16-28(26)34-3/h4-21,29H,1-3H3,(H,31,32)/t21-/m0/s1. The fourth-order valence-corrected chi connectivity index (χ4v) is 4.15. The number of rotatable bonds is 8. The fourth-order valence-electron chi connectivity index (χ4n) is 4.15. The normalized spacial score (nSPS) is 11.6. The van der Waals surface area contributed by atoms with Crippen molar-refractivity contribution < 1.29 is 14.3 Å². The van der Waals surface area contributed by atoms with Gasteiger partial charge >= 0.3 is 0 Å². The van der Waals surface area contributed by atoms with Crippen LogP contribution >= 0.6 is 0 Å². The Kier molecular flexibility index (Phi) is 7.28. The van der Waals surface area contributed by atoms with Gasteiger partial charge in [0.1, 0.15) is 11.5 Å². The molecule has 0 radical (unpaired) electrons. The molecule has 1 atom stereocenters. The molecule has 0 heterocycles. The predicted molar refractivity (Wildman–Crippen MR) is 136 cm³/mol. The molecule has 1 amide bonds. The van der Waals surface area contributed by atoms with Gasteiger partial charge in [-0.25, -0.2) is 0 Å². The molecule has 0 saturated heterocycles. The second-order valence-corrected chi connectivity index (χ2v) is 8.14. The van der Waals surface area contributed by atoms with Crippen LogP contribution in [0.1, 0.15) is 35.6 Å². The molecule has 4 heteroatoms. The highest BCUT2D eigenvalue weighted by atomic mass is 16.5. The van der Waals surface area contributed by atoms with Gasteiger partial charge in [-0.2, -0.15) is 0 Å². The first-order valence-electron chi connectivity index (χ1n) is 11.3. The van der Waals surface area contributed by atoms with Crippen LogP contribution in [-0.2, 0) is 4.79 Å². The number of hydrogen-bond acceptors (Lipinski definition) is 3. The molecule has 4 aromatic carbocycles. The first-order chi connectivity index (χ1) is 16.6. The lowest BCUT2D eigenvalue weighted by molar-refractivity contribution is -0.122. The monoisotopic (exact) mass is 451 g/mol. The minimum Gasteiger partial charge on any atom is -0.496 e. The molecule has 1 N–H and O–H groups in total. The average molecular weight is 452 g/mol. The molecule has 4 aromatic rings. The zero-order valence-corrected chi connectivity index (χ0v) is 19.7. The first-order valence-corrected chi connectivity index (χ1v) is 11.3. The minimum absolute atomic E-state index is 0.0747. The molecule has 0 aliphatic rings. The summed E-state index contributed by atoms with van der Waals surface area (Å²) in [5, 5.41) is 3.24. The van der Waals surface area contributed by atoms with Crippen LogP contribution in [0.4, 0.5) is 0 Å². The van der Waals surface area contributed by atoms with Gasteiger partial charge in [0.05, 0.1) is 26.2 Å². The van der Waals surface area contributed by atoms with Gasteiger partial charge in [-0.05, 0) is 35.7 Å². The van der Waals surface area contributed by atoms with Gasteiger partial charge in [-0.15, -0.1) is 0 Å². The Morgan fingerprint density at radius 2 is 1.12 bits per heavy atom. The summed E-state index contributed by atoms with van der Waals surface area (Å²) in [6, 6.07) is 33.4. The van der Waals surface area contributed by atoms with Gasteiger partial charge in [0.15, 0.2) is 0 Å². The quantitative estimate of drug-likeness (QED) is 0.338. The van der Waals surface area contributed by atoms with Crippen LogP contribution in [0.15, 0.2) is 103 Å². The highest BCUT2D eigenvalue weighted by Crippen LogP contribution is 2.35.